The standard InChI is InChI=1S/C25H26N2O4/c1-30-25(29)20-9-7-18(8-10-20)17-27-13-11-19(12-14-27)24(28)26-22-5-2-4-21(16-22)23-6-3-15-31-23/h2-10,15-16,19H,11-14,17H2,1H3,(H,26,28). The van der Waals surface area contributed by atoms with Crippen molar-refractivity contribution in [3.05, 3.63) is 78.1 Å². The van der Waals surface area contributed by atoms with Crippen LogP contribution < -0.4 is 5.32 Å². The fourth-order valence-corrected chi connectivity index (χ4v) is 3.91. The smallest absolute Gasteiger partial charge is 0.337 e. The zero-order chi connectivity index (χ0) is 21.6. The van der Waals surface area contributed by atoms with Crippen molar-refractivity contribution >= 4 is 17.6 Å². The van der Waals surface area contributed by atoms with Crippen LogP contribution in [0.4, 0.5) is 5.69 Å². The van der Waals surface area contributed by atoms with E-state index in [2.05, 4.69) is 10.2 Å². The molecule has 1 amide bonds. The summed E-state index contributed by atoms with van der Waals surface area (Å²) in [6.07, 6.45) is 3.29. The van der Waals surface area contributed by atoms with Gasteiger partial charge in [-0.15, -0.1) is 0 Å². The van der Waals surface area contributed by atoms with E-state index in [0.29, 0.717) is 5.56 Å². The number of carbonyl (C=O) groups is 2. The van der Waals surface area contributed by atoms with Crippen molar-refractivity contribution in [2.75, 3.05) is 25.5 Å². The molecule has 2 heterocycles. The molecule has 0 bridgehead atoms. The summed E-state index contributed by atoms with van der Waals surface area (Å²) < 4.78 is 10.2. The van der Waals surface area contributed by atoms with E-state index in [-0.39, 0.29) is 17.8 Å². The Kier molecular flexibility index (Phi) is 6.48. The minimum Gasteiger partial charge on any atom is -0.465 e. The molecule has 1 aliphatic rings. The van der Waals surface area contributed by atoms with Crippen molar-refractivity contribution in [2.24, 2.45) is 5.92 Å². The third-order valence-corrected chi connectivity index (χ3v) is 5.68. The topological polar surface area (TPSA) is 71.8 Å². The summed E-state index contributed by atoms with van der Waals surface area (Å²) in [4.78, 5) is 26.7. The second-order valence-electron chi connectivity index (χ2n) is 7.79. The average Bonchev–Trinajstić information content (AvgIpc) is 3.35. The lowest BCUT2D eigenvalue weighted by molar-refractivity contribution is -0.121. The zero-order valence-corrected chi connectivity index (χ0v) is 17.5. The van der Waals surface area contributed by atoms with Crippen molar-refractivity contribution in [2.45, 2.75) is 19.4 Å². The molecule has 1 fully saturated rings. The molecule has 2 aromatic carbocycles. The van der Waals surface area contributed by atoms with Gasteiger partial charge in [0.15, 0.2) is 0 Å². The SMILES string of the molecule is COC(=O)c1ccc(CN2CCC(C(=O)Nc3cccc(-c4ccco4)c3)CC2)cc1. The number of anilines is 1. The number of hydrogen-bond acceptors (Lipinski definition) is 5. The van der Waals surface area contributed by atoms with Gasteiger partial charge in [-0.3, -0.25) is 9.69 Å². The molecule has 0 radical (unpaired) electrons. The van der Waals surface area contributed by atoms with Gasteiger partial charge in [0.05, 0.1) is 18.9 Å². The molecule has 1 aliphatic heterocycles. The Balaban J connectivity index is 1.28. The highest BCUT2D eigenvalue weighted by Crippen LogP contribution is 2.25. The summed E-state index contributed by atoms with van der Waals surface area (Å²) in [5, 5.41) is 3.06. The van der Waals surface area contributed by atoms with Gasteiger partial charge in [-0.05, 0) is 67.9 Å². The number of furan rings is 1. The minimum absolute atomic E-state index is 0.00483. The predicted octanol–water partition coefficient (Wildman–Crippen LogP) is 4.58. The van der Waals surface area contributed by atoms with Gasteiger partial charge in [-0.2, -0.15) is 0 Å². The van der Waals surface area contributed by atoms with Crippen molar-refractivity contribution in [1.82, 2.24) is 4.90 Å². The number of amides is 1. The highest BCUT2D eigenvalue weighted by atomic mass is 16.5. The second-order valence-corrected chi connectivity index (χ2v) is 7.79. The van der Waals surface area contributed by atoms with E-state index >= 15 is 0 Å². The van der Waals surface area contributed by atoms with Crippen LogP contribution in [0, 0.1) is 5.92 Å². The number of ether oxygens (including phenoxy) is 1. The maximum absolute atomic E-state index is 12.8. The quantitative estimate of drug-likeness (QED) is 0.593. The first-order valence-electron chi connectivity index (χ1n) is 10.5. The Morgan fingerprint density at radius 2 is 1.84 bits per heavy atom. The Labute approximate surface area is 181 Å². The maximum Gasteiger partial charge on any atom is 0.337 e. The van der Waals surface area contributed by atoms with Gasteiger partial charge >= 0.3 is 5.97 Å². The number of nitrogens with one attached hydrogen (secondary N) is 1. The molecule has 160 valence electrons. The molecule has 6 heteroatoms. The van der Waals surface area contributed by atoms with E-state index in [1.165, 1.54) is 7.11 Å². The Morgan fingerprint density at radius 1 is 1.06 bits per heavy atom. The lowest BCUT2D eigenvalue weighted by Gasteiger charge is -2.31. The number of hydrogen-bond donors (Lipinski definition) is 1. The summed E-state index contributed by atoms with van der Waals surface area (Å²) in [7, 11) is 1.38. The van der Waals surface area contributed by atoms with E-state index in [9.17, 15) is 9.59 Å². The van der Waals surface area contributed by atoms with E-state index < -0.39 is 0 Å². The second kappa shape index (κ2) is 9.62. The lowest BCUT2D eigenvalue weighted by Crippen LogP contribution is -2.37. The van der Waals surface area contributed by atoms with Crippen LogP contribution >= 0.6 is 0 Å². The van der Waals surface area contributed by atoms with Crippen LogP contribution in [0.2, 0.25) is 0 Å². The molecule has 6 nitrogen and oxygen atoms in total. The molecule has 0 aliphatic carbocycles. The molecule has 1 N–H and O–H groups in total. The summed E-state index contributed by atoms with van der Waals surface area (Å²) in [5.41, 5.74) is 3.42. The molecule has 4 rings (SSSR count). The van der Waals surface area contributed by atoms with Crippen LogP contribution in [-0.4, -0.2) is 37.0 Å². The summed E-state index contributed by atoms with van der Waals surface area (Å²) >= 11 is 0. The van der Waals surface area contributed by atoms with Crippen LogP contribution in [0.15, 0.2) is 71.3 Å². The predicted molar refractivity (Wildman–Crippen MR) is 119 cm³/mol. The molecule has 31 heavy (non-hydrogen) atoms. The van der Waals surface area contributed by atoms with Gasteiger partial charge in [-0.1, -0.05) is 24.3 Å². The number of benzene rings is 2. The maximum atomic E-state index is 12.8. The van der Waals surface area contributed by atoms with Crippen LogP contribution in [0.25, 0.3) is 11.3 Å². The van der Waals surface area contributed by atoms with Crippen molar-refractivity contribution in [1.29, 1.82) is 0 Å². The highest BCUT2D eigenvalue weighted by molar-refractivity contribution is 5.93. The van der Waals surface area contributed by atoms with Crippen LogP contribution in [0.5, 0.6) is 0 Å². The first-order valence-corrected chi connectivity index (χ1v) is 10.5. The van der Waals surface area contributed by atoms with Crippen molar-refractivity contribution in [3.63, 3.8) is 0 Å². The molecule has 0 spiro atoms. The minimum atomic E-state index is -0.326. The van der Waals surface area contributed by atoms with E-state index in [0.717, 1.165) is 55.1 Å². The lowest BCUT2D eigenvalue weighted by atomic mass is 9.95. The number of nitrogens with zero attached hydrogens (tertiary/aromatic N) is 1. The molecule has 0 saturated carbocycles. The Morgan fingerprint density at radius 3 is 2.52 bits per heavy atom. The number of carbonyl (C=O) groups excluding carboxylic acids is 2. The molecule has 0 unspecified atom stereocenters. The third kappa shape index (κ3) is 5.22. The number of piperidine rings is 1. The van der Waals surface area contributed by atoms with Gasteiger partial charge in [0.1, 0.15) is 5.76 Å². The Bertz CT molecular complexity index is 1020. The largest absolute Gasteiger partial charge is 0.465 e. The first-order chi connectivity index (χ1) is 15.1. The third-order valence-electron chi connectivity index (χ3n) is 5.68. The number of esters is 1. The fraction of sp³-hybridized carbons (Fsp3) is 0.280. The summed E-state index contributed by atoms with van der Waals surface area (Å²) in [6, 6.07) is 19.0. The van der Waals surface area contributed by atoms with Crippen molar-refractivity contribution < 1.29 is 18.7 Å². The van der Waals surface area contributed by atoms with Gasteiger partial charge in [-0.25, -0.2) is 4.79 Å². The Hall–Kier alpha value is -3.38. The summed E-state index contributed by atoms with van der Waals surface area (Å²) in [5.74, 6) is 0.529. The van der Waals surface area contributed by atoms with E-state index in [4.69, 9.17) is 9.15 Å². The van der Waals surface area contributed by atoms with Gasteiger partial charge in [0.25, 0.3) is 0 Å². The molecule has 3 aromatic rings. The average molecular weight is 418 g/mol. The molecule has 1 saturated heterocycles. The number of methoxy groups -OCH3 is 1. The zero-order valence-electron chi connectivity index (χ0n) is 17.5. The van der Waals surface area contributed by atoms with Crippen LogP contribution in [-0.2, 0) is 16.1 Å². The van der Waals surface area contributed by atoms with Crippen LogP contribution in [0.1, 0.15) is 28.8 Å². The number of rotatable bonds is 6. The highest BCUT2D eigenvalue weighted by Gasteiger charge is 2.25. The molecular weight excluding hydrogens is 392 g/mol. The first kappa shape index (κ1) is 20.9. The summed E-state index contributed by atoms with van der Waals surface area (Å²) in [6.45, 7) is 2.54. The van der Waals surface area contributed by atoms with Gasteiger partial charge in [0, 0.05) is 23.7 Å². The normalized spacial score (nSPS) is 14.9. The van der Waals surface area contributed by atoms with E-state index in [1.54, 1.807) is 18.4 Å². The molecule has 1 aromatic heterocycles. The van der Waals surface area contributed by atoms with Gasteiger partial charge in [0.2, 0.25) is 5.91 Å². The fourth-order valence-electron chi connectivity index (χ4n) is 3.91. The van der Waals surface area contributed by atoms with E-state index in [1.807, 2.05) is 48.5 Å². The van der Waals surface area contributed by atoms with Crippen LogP contribution in [0.3, 0.4) is 0 Å². The molecular formula is C25H26N2O4. The van der Waals surface area contributed by atoms with Gasteiger partial charge < -0.3 is 14.5 Å². The number of likely N-dealkylation sites (tertiary alicyclic amines) is 1. The van der Waals surface area contributed by atoms with Crippen molar-refractivity contribution in [3.8, 4) is 11.3 Å². The monoisotopic (exact) mass is 418 g/mol. The molecule has 0 atom stereocenters.